The van der Waals surface area contributed by atoms with Gasteiger partial charge in [0.25, 0.3) is 0 Å². The highest BCUT2D eigenvalue weighted by Gasteiger charge is 2.21. The molecule has 5 heteroatoms. The van der Waals surface area contributed by atoms with E-state index in [9.17, 15) is 8.60 Å². The van der Waals surface area contributed by atoms with Crippen molar-refractivity contribution in [3.05, 3.63) is 0 Å². The summed E-state index contributed by atoms with van der Waals surface area (Å²) < 4.78 is 32.6. The third-order valence-corrected chi connectivity index (χ3v) is 2.32. The van der Waals surface area contributed by atoms with Crippen LogP contribution in [-0.2, 0) is 11.3 Å². The Kier molecular flexibility index (Phi) is 2.76. The highest BCUT2D eigenvalue weighted by molar-refractivity contribution is 7.76. The molecule has 0 bridgehead atoms. The quantitative estimate of drug-likeness (QED) is 0.579. The van der Waals surface area contributed by atoms with Crippen molar-refractivity contribution in [2.75, 3.05) is 13.1 Å². The molecule has 0 aromatic rings. The van der Waals surface area contributed by atoms with Gasteiger partial charge in [-0.15, -0.1) is 0 Å². The van der Waals surface area contributed by atoms with Crippen molar-refractivity contribution in [2.45, 2.75) is 19.0 Å². The van der Waals surface area contributed by atoms with Crippen molar-refractivity contribution in [3.8, 4) is 0 Å². The van der Waals surface area contributed by atoms with Crippen LogP contribution < -0.4 is 0 Å². The van der Waals surface area contributed by atoms with Crippen LogP contribution in [0.25, 0.3) is 0 Å². The van der Waals surface area contributed by atoms with Crippen LogP contribution in [0.3, 0.4) is 0 Å². The zero-order valence-corrected chi connectivity index (χ0v) is 6.31. The van der Waals surface area contributed by atoms with Gasteiger partial charge in [-0.1, -0.05) is 0 Å². The number of nitrogens with zero attached hydrogens (tertiary/aromatic N) is 1. The van der Waals surface area contributed by atoms with Crippen molar-refractivity contribution in [1.29, 1.82) is 0 Å². The molecule has 1 heterocycles. The first-order chi connectivity index (χ1) is 4.70. The molecule has 0 aromatic carbocycles. The predicted octanol–water partition coefficient (Wildman–Crippen LogP) is 0.557. The summed E-state index contributed by atoms with van der Waals surface area (Å²) in [5.41, 5.74) is 0. The van der Waals surface area contributed by atoms with E-state index in [0.717, 1.165) is 0 Å². The normalized spacial score (nSPS) is 32.0. The lowest BCUT2D eigenvalue weighted by Crippen LogP contribution is -2.37. The molecule has 1 aliphatic heterocycles. The summed E-state index contributed by atoms with van der Waals surface area (Å²) in [6.07, 6.45) is 0.270. The summed E-state index contributed by atoms with van der Waals surface area (Å²) in [4.78, 5) is 0. The van der Waals surface area contributed by atoms with Crippen molar-refractivity contribution in [2.24, 2.45) is 0 Å². The average Bonchev–Trinajstić information content (AvgIpc) is 1.88. The highest BCUT2D eigenvalue weighted by Crippen LogP contribution is 2.13. The van der Waals surface area contributed by atoms with Gasteiger partial charge < -0.3 is 0 Å². The summed E-state index contributed by atoms with van der Waals surface area (Å²) in [5, 5.41) is 0. The molecule has 10 heavy (non-hydrogen) atoms. The topological polar surface area (TPSA) is 40.5 Å². The SMILES string of the molecule is O=S(O)N1CCCC(F)C1. The number of piperidine rings is 1. The Labute approximate surface area is 61.6 Å². The second kappa shape index (κ2) is 3.41. The predicted molar refractivity (Wildman–Crippen MR) is 36.5 cm³/mol. The van der Waals surface area contributed by atoms with Gasteiger partial charge in [0.05, 0.1) is 0 Å². The molecule has 1 fully saturated rings. The van der Waals surface area contributed by atoms with Crippen LogP contribution in [0.4, 0.5) is 4.39 Å². The van der Waals surface area contributed by atoms with Gasteiger partial charge in [-0.3, -0.25) is 4.55 Å². The second-order valence-electron chi connectivity index (χ2n) is 2.36. The molecular formula is C5H10FNO2S. The van der Waals surface area contributed by atoms with E-state index in [2.05, 4.69) is 0 Å². The number of alkyl halides is 1. The minimum Gasteiger partial charge on any atom is -0.294 e. The van der Waals surface area contributed by atoms with Gasteiger partial charge in [-0.2, -0.15) is 4.31 Å². The Balaban J connectivity index is 2.39. The van der Waals surface area contributed by atoms with Crippen LogP contribution >= 0.6 is 0 Å². The Bertz CT molecular complexity index is 144. The molecular weight excluding hydrogens is 157 g/mol. The van der Waals surface area contributed by atoms with Gasteiger partial charge in [-0.05, 0) is 12.8 Å². The molecule has 60 valence electrons. The van der Waals surface area contributed by atoms with Crippen molar-refractivity contribution >= 4 is 11.3 Å². The Morgan fingerprint density at radius 1 is 1.70 bits per heavy atom. The monoisotopic (exact) mass is 167 g/mol. The van der Waals surface area contributed by atoms with Crippen LogP contribution in [0.15, 0.2) is 0 Å². The fraction of sp³-hybridized carbons (Fsp3) is 1.00. The van der Waals surface area contributed by atoms with E-state index in [1.54, 1.807) is 0 Å². The molecule has 1 rings (SSSR count). The van der Waals surface area contributed by atoms with Crippen molar-refractivity contribution in [1.82, 2.24) is 4.31 Å². The van der Waals surface area contributed by atoms with Gasteiger partial charge in [-0.25, -0.2) is 8.60 Å². The van der Waals surface area contributed by atoms with Gasteiger partial charge in [0.2, 0.25) is 11.3 Å². The first kappa shape index (κ1) is 8.10. The van der Waals surface area contributed by atoms with Crippen LogP contribution in [0.1, 0.15) is 12.8 Å². The lowest BCUT2D eigenvalue weighted by molar-refractivity contribution is 0.201. The van der Waals surface area contributed by atoms with Gasteiger partial charge >= 0.3 is 0 Å². The number of halogens is 1. The summed E-state index contributed by atoms with van der Waals surface area (Å²) in [5.74, 6) is 0. The van der Waals surface area contributed by atoms with Crippen molar-refractivity contribution < 1.29 is 13.2 Å². The minimum absolute atomic E-state index is 0.100. The van der Waals surface area contributed by atoms with E-state index in [4.69, 9.17) is 4.55 Å². The van der Waals surface area contributed by atoms with E-state index in [0.29, 0.717) is 19.4 Å². The molecule has 0 aliphatic carbocycles. The van der Waals surface area contributed by atoms with Crippen LogP contribution in [0.5, 0.6) is 0 Å². The Morgan fingerprint density at radius 3 is 2.80 bits per heavy atom. The first-order valence-corrected chi connectivity index (χ1v) is 4.26. The first-order valence-electron chi connectivity index (χ1n) is 3.20. The summed E-state index contributed by atoms with van der Waals surface area (Å²) >= 11 is -1.98. The molecule has 0 saturated carbocycles. The third-order valence-electron chi connectivity index (χ3n) is 1.55. The van der Waals surface area contributed by atoms with Crippen LogP contribution in [0.2, 0.25) is 0 Å². The molecule has 0 amide bonds. The molecule has 1 N–H and O–H groups in total. The highest BCUT2D eigenvalue weighted by atomic mass is 32.2. The number of rotatable bonds is 1. The summed E-state index contributed by atoms with van der Waals surface area (Å²) in [6, 6.07) is 0. The molecule has 3 nitrogen and oxygen atoms in total. The smallest absolute Gasteiger partial charge is 0.234 e. The molecule has 0 spiro atoms. The lowest BCUT2D eigenvalue weighted by Gasteiger charge is -2.24. The van der Waals surface area contributed by atoms with Gasteiger partial charge in [0, 0.05) is 13.1 Å². The zero-order chi connectivity index (χ0) is 7.56. The standard InChI is InChI=1S/C5H10FNO2S/c6-5-2-1-3-7(4-5)10(8)9/h5H,1-4H2,(H,8,9). The molecule has 2 atom stereocenters. The maximum Gasteiger partial charge on any atom is 0.234 e. The van der Waals surface area contributed by atoms with Crippen molar-refractivity contribution in [3.63, 3.8) is 0 Å². The fourth-order valence-electron chi connectivity index (χ4n) is 1.03. The minimum atomic E-state index is -1.98. The van der Waals surface area contributed by atoms with Crippen LogP contribution in [-0.4, -0.2) is 32.3 Å². The average molecular weight is 167 g/mol. The van der Waals surface area contributed by atoms with E-state index < -0.39 is 17.4 Å². The fourth-order valence-corrected chi connectivity index (χ4v) is 1.61. The lowest BCUT2D eigenvalue weighted by atomic mass is 10.1. The molecule has 0 aromatic heterocycles. The Hall–Kier alpha value is -0.0000000000000000555. The van der Waals surface area contributed by atoms with E-state index >= 15 is 0 Å². The molecule has 1 aliphatic rings. The third kappa shape index (κ3) is 2.00. The molecule has 1 saturated heterocycles. The van der Waals surface area contributed by atoms with E-state index in [1.165, 1.54) is 4.31 Å². The zero-order valence-electron chi connectivity index (χ0n) is 5.49. The molecule has 0 radical (unpaired) electrons. The van der Waals surface area contributed by atoms with E-state index in [-0.39, 0.29) is 6.54 Å². The summed E-state index contributed by atoms with van der Waals surface area (Å²) in [7, 11) is 0. The van der Waals surface area contributed by atoms with E-state index in [1.807, 2.05) is 0 Å². The van der Waals surface area contributed by atoms with Gasteiger partial charge in [0.1, 0.15) is 6.17 Å². The Morgan fingerprint density at radius 2 is 2.40 bits per heavy atom. The maximum atomic E-state index is 12.5. The summed E-state index contributed by atoms with van der Waals surface area (Å²) in [6.45, 7) is 0.632. The second-order valence-corrected chi connectivity index (χ2v) is 3.34. The molecule has 2 unspecified atom stereocenters. The number of hydrogen-bond acceptors (Lipinski definition) is 1. The largest absolute Gasteiger partial charge is 0.294 e. The maximum absolute atomic E-state index is 12.5. The number of hydrogen-bond donors (Lipinski definition) is 1. The van der Waals surface area contributed by atoms with Gasteiger partial charge in [0.15, 0.2) is 0 Å². The van der Waals surface area contributed by atoms with Crippen LogP contribution in [0, 0.1) is 0 Å².